The van der Waals surface area contributed by atoms with Gasteiger partial charge in [-0.1, -0.05) is 188 Å². The molecule has 0 radical (unpaired) electrons. The first-order chi connectivity index (χ1) is 32.0. The molecule has 0 aliphatic rings. The third-order valence-corrected chi connectivity index (χ3v) is 10.7. The predicted molar refractivity (Wildman–Crippen MR) is 279 cm³/mol. The Hall–Kier alpha value is -3.93. The van der Waals surface area contributed by atoms with E-state index in [1.54, 1.807) is 0 Å². The fourth-order valence-electron chi connectivity index (χ4n) is 6.76. The van der Waals surface area contributed by atoms with Gasteiger partial charge in [0.2, 0.25) is 0 Å². The van der Waals surface area contributed by atoms with Gasteiger partial charge in [0.15, 0.2) is 6.10 Å². The largest absolute Gasteiger partial charge is 0.462 e. The molecule has 0 N–H and O–H groups in total. The molecule has 0 saturated carbocycles. The summed E-state index contributed by atoms with van der Waals surface area (Å²) in [6, 6.07) is 0. The number of esters is 3. The fraction of sp³-hybridized carbons (Fsp3) is 0.644. The Kier molecular flexibility index (Phi) is 49.5. The molecule has 0 aromatic rings. The summed E-state index contributed by atoms with van der Waals surface area (Å²) in [4.78, 5) is 38.0. The van der Waals surface area contributed by atoms with Crippen LogP contribution in [0.1, 0.15) is 226 Å². The van der Waals surface area contributed by atoms with Crippen molar-refractivity contribution in [3.63, 3.8) is 0 Å². The van der Waals surface area contributed by atoms with Crippen molar-refractivity contribution in [2.75, 3.05) is 13.2 Å². The minimum atomic E-state index is -0.814. The first-order valence-corrected chi connectivity index (χ1v) is 26.4. The molecule has 6 nitrogen and oxygen atoms in total. The zero-order valence-electron chi connectivity index (χ0n) is 42.0. The van der Waals surface area contributed by atoms with Crippen molar-refractivity contribution in [3.05, 3.63) is 109 Å². The third-order valence-electron chi connectivity index (χ3n) is 10.7. The Morgan fingerprint density at radius 2 is 0.600 bits per heavy atom. The van der Waals surface area contributed by atoms with E-state index in [2.05, 4.69) is 130 Å². The lowest BCUT2D eigenvalue weighted by Gasteiger charge is -2.18. The molecule has 0 saturated heterocycles. The molecular weight excluding hydrogens is 805 g/mol. The molecule has 0 amide bonds. The van der Waals surface area contributed by atoms with Crippen LogP contribution >= 0.6 is 0 Å². The van der Waals surface area contributed by atoms with Gasteiger partial charge in [-0.3, -0.25) is 14.4 Å². The van der Waals surface area contributed by atoms with Crippen molar-refractivity contribution in [1.82, 2.24) is 0 Å². The van der Waals surface area contributed by atoms with Crippen LogP contribution in [0.25, 0.3) is 0 Å². The van der Waals surface area contributed by atoms with E-state index in [0.29, 0.717) is 19.3 Å². The molecule has 6 heteroatoms. The average molecular weight is 901 g/mol. The minimum absolute atomic E-state index is 0.110. The van der Waals surface area contributed by atoms with E-state index in [0.717, 1.165) is 128 Å². The van der Waals surface area contributed by atoms with Crippen molar-refractivity contribution in [3.8, 4) is 0 Å². The van der Waals surface area contributed by atoms with Crippen LogP contribution in [0, 0.1) is 0 Å². The Balaban J connectivity index is 4.54. The maximum atomic E-state index is 12.8. The lowest BCUT2D eigenvalue weighted by Crippen LogP contribution is -2.30. The zero-order chi connectivity index (χ0) is 47.2. The number of rotatable bonds is 46. The van der Waals surface area contributed by atoms with Gasteiger partial charge in [0.05, 0.1) is 0 Å². The van der Waals surface area contributed by atoms with Gasteiger partial charge in [-0.05, 0) is 128 Å². The summed E-state index contributed by atoms with van der Waals surface area (Å²) < 4.78 is 16.7. The van der Waals surface area contributed by atoms with Crippen molar-refractivity contribution in [1.29, 1.82) is 0 Å². The SMILES string of the molecule is CC/C=C\C/C=C\C/C=C\C/C=C\CCCCC(=O)OC[C@H](COC(=O)CCCCCCC/C=C\C/C=C\CCCCC)OC(=O)CCCCCC/C=C\C/C=C\C/C=C\CCCCC. The number of allylic oxidation sites excluding steroid dienone is 18. The fourth-order valence-corrected chi connectivity index (χ4v) is 6.76. The Morgan fingerprint density at radius 3 is 0.969 bits per heavy atom. The molecule has 0 fully saturated rings. The van der Waals surface area contributed by atoms with Gasteiger partial charge in [0.1, 0.15) is 13.2 Å². The van der Waals surface area contributed by atoms with Crippen LogP contribution in [0.15, 0.2) is 109 Å². The Morgan fingerprint density at radius 1 is 0.323 bits per heavy atom. The van der Waals surface area contributed by atoms with Crippen molar-refractivity contribution in [2.45, 2.75) is 232 Å². The van der Waals surface area contributed by atoms with E-state index in [4.69, 9.17) is 14.2 Å². The highest BCUT2D eigenvalue weighted by atomic mass is 16.6. The Labute approximate surface area is 400 Å². The summed E-state index contributed by atoms with van der Waals surface area (Å²) >= 11 is 0. The first-order valence-electron chi connectivity index (χ1n) is 26.4. The van der Waals surface area contributed by atoms with Crippen LogP contribution in [-0.4, -0.2) is 37.2 Å². The molecule has 0 spiro atoms. The monoisotopic (exact) mass is 901 g/mol. The van der Waals surface area contributed by atoms with Crippen LogP contribution in [0.3, 0.4) is 0 Å². The highest BCUT2D eigenvalue weighted by Gasteiger charge is 2.19. The van der Waals surface area contributed by atoms with Gasteiger partial charge in [-0.25, -0.2) is 0 Å². The topological polar surface area (TPSA) is 78.9 Å². The zero-order valence-corrected chi connectivity index (χ0v) is 42.0. The van der Waals surface area contributed by atoms with Crippen LogP contribution in [-0.2, 0) is 28.6 Å². The second-order valence-electron chi connectivity index (χ2n) is 17.0. The number of hydrogen-bond donors (Lipinski definition) is 0. The summed E-state index contributed by atoms with van der Waals surface area (Å²) in [6.07, 6.45) is 70.7. The molecule has 0 bridgehead atoms. The van der Waals surface area contributed by atoms with E-state index in [9.17, 15) is 14.4 Å². The normalized spacial score (nSPS) is 13.0. The quantitative estimate of drug-likeness (QED) is 0.0262. The molecule has 0 aromatic carbocycles. The van der Waals surface area contributed by atoms with Gasteiger partial charge >= 0.3 is 17.9 Å². The summed E-state index contributed by atoms with van der Waals surface area (Å²) in [6.45, 7) is 6.39. The lowest BCUT2D eigenvalue weighted by molar-refractivity contribution is -0.167. The first kappa shape index (κ1) is 61.1. The number of ether oxygens (including phenoxy) is 3. The highest BCUT2D eigenvalue weighted by molar-refractivity contribution is 5.71. The van der Waals surface area contributed by atoms with E-state index < -0.39 is 6.10 Å². The van der Waals surface area contributed by atoms with Crippen molar-refractivity contribution >= 4 is 17.9 Å². The molecule has 0 rings (SSSR count). The highest BCUT2D eigenvalue weighted by Crippen LogP contribution is 2.12. The molecule has 0 unspecified atom stereocenters. The van der Waals surface area contributed by atoms with Crippen LogP contribution in [0.4, 0.5) is 0 Å². The number of hydrogen-bond acceptors (Lipinski definition) is 6. The van der Waals surface area contributed by atoms with Gasteiger partial charge in [-0.2, -0.15) is 0 Å². The van der Waals surface area contributed by atoms with Crippen LogP contribution in [0.2, 0.25) is 0 Å². The number of carbonyl (C=O) groups is 3. The second kappa shape index (κ2) is 52.7. The Bertz CT molecular complexity index is 1360. The van der Waals surface area contributed by atoms with Crippen molar-refractivity contribution < 1.29 is 28.6 Å². The van der Waals surface area contributed by atoms with Crippen molar-refractivity contribution in [2.24, 2.45) is 0 Å². The summed E-state index contributed by atoms with van der Waals surface area (Å²) in [5.74, 6) is -0.992. The molecule has 65 heavy (non-hydrogen) atoms. The molecule has 0 aliphatic carbocycles. The third kappa shape index (κ3) is 50.9. The van der Waals surface area contributed by atoms with E-state index >= 15 is 0 Å². The molecule has 0 heterocycles. The summed E-state index contributed by atoms with van der Waals surface area (Å²) in [5.41, 5.74) is 0. The summed E-state index contributed by atoms with van der Waals surface area (Å²) in [5, 5.41) is 0. The van der Waals surface area contributed by atoms with Gasteiger partial charge in [-0.15, -0.1) is 0 Å². The average Bonchev–Trinajstić information content (AvgIpc) is 3.30. The van der Waals surface area contributed by atoms with Crippen LogP contribution < -0.4 is 0 Å². The van der Waals surface area contributed by atoms with Gasteiger partial charge < -0.3 is 14.2 Å². The summed E-state index contributed by atoms with van der Waals surface area (Å²) in [7, 11) is 0. The van der Waals surface area contributed by atoms with Gasteiger partial charge in [0, 0.05) is 19.3 Å². The number of carbonyl (C=O) groups excluding carboxylic acids is 3. The molecule has 0 aromatic heterocycles. The maximum Gasteiger partial charge on any atom is 0.306 e. The second-order valence-corrected chi connectivity index (χ2v) is 17.0. The smallest absolute Gasteiger partial charge is 0.306 e. The van der Waals surface area contributed by atoms with E-state index in [1.165, 1.54) is 51.4 Å². The molecular formula is C59H96O6. The standard InChI is InChI=1S/C59H96O6/c1-4-7-10-13-16-19-22-25-28-29-32-35-38-41-44-47-50-53-59(62)65-56(54-63-57(60)51-48-45-42-39-36-33-30-26-23-20-17-14-11-8-5-2)55-64-58(61)52-49-46-43-40-37-34-31-27-24-21-18-15-12-9-6-3/h8,11,16-21,25-28,30-32,35-36,39,56H,4-7,9-10,12-15,22-24,29,33-34,37-38,40-55H2,1-3H3/b11-8-,19-16-,20-17-,21-18-,28-25-,30-26-,31-27-,35-32-,39-36-/t56-/m1/s1. The van der Waals surface area contributed by atoms with Crippen LogP contribution in [0.5, 0.6) is 0 Å². The van der Waals surface area contributed by atoms with E-state index in [-0.39, 0.29) is 37.5 Å². The van der Waals surface area contributed by atoms with E-state index in [1.807, 2.05) is 0 Å². The number of unbranched alkanes of at least 4 members (excludes halogenated alkanes) is 17. The maximum absolute atomic E-state index is 12.8. The molecule has 1 atom stereocenters. The van der Waals surface area contributed by atoms with Gasteiger partial charge in [0.25, 0.3) is 0 Å². The lowest BCUT2D eigenvalue weighted by atomic mass is 10.1. The molecule has 0 aliphatic heterocycles. The molecule has 368 valence electrons. The predicted octanol–water partition coefficient (Wildman–Crippen LogP) is 17.5. The minimum Gasteiger partial charge on any atom is -0.462 e.